The molecular formula is C19H20ClN5O3S. The zero-order valence-corrected chi connectivity index (χ0v) is 17.4. The number of hydrogen-bond donors (Lipinski definition) is 1. The molecule has 29 heavy (non-hydrogen) atoms. The van der Waals surface area contributed by atoms with E-state index in [2.05, 4.69) is 15.4 Å². The summed E-state index contributed by atoms with van der Waals surface area (Å²) in [6.07, 6.45) is 2.98. The molecule has 1 atom stereocenters. The van der Waals surface area contributed by atoms with Crippen LogP contribution in [0.1, 0.15) is 22.0 Å². The molecule has 0 aliphatic heterocycles. The number of aromatic nitrogens is 3. The maximum absolute atomic E-state index is 12.9. The van der Waals surface area contributed by atoms with Gasteiger partial charge in [0.1, 0.15) is 17.6 Å². The number of carbonyl (C=O) groups excluding carboxylic acids is 1. The van der Waals surface area contributed by atoms with E-state index in [1.54, 1.807) is 11.0 Å². The predicted molar refractivity (Wildman–Crippen MR) is 109 cm³/mol. The summed E-state index contributed by atoms with van der Waals surface area (Å²) in [7, 11) is -0.977. The summed E-state index contributed by atoms with van der Waals surface area (Å²) >= 11 is 6.07. The highest BCUT2D eigenvalue weighted by Gasteiger charge is 2.23. The average molecular weight is 434 g/mol. The molecule has 1 N–H and O–H groups in total. The number of sulfonamides is 1. The predicted octanol–water partition coefficient (Wildman–Crippen LogP) is 2.35. The van der Waals surface area contributed by atoms with Crippen LogP contribution in [0, 0.1) is 0 Å². The molecule has 0 spiro atoms. The minimum absolute atomic E-state index is 0.0532. The molecule has 1 heterocycles. The standard InChI is InChI=1S/C19H20ClN5O3S/c1-24(2)29(27,28)18-10-15(8-9-16(18)20)19(26)23-17(11-25-13-21-12-22-25)14-6-4-3-5-7-14/h3-10,12-13,17H,11H2,1-2H3,(H,23,26). The highest BCUT2D eigenvalue weighted by atomic mass is 35.5. The van der Waals surface area contributed by atoms with Crippen LogP contribution in [0.15, 0.2) is 66.1 Å². The molecule has 0 aliphatic carbocycles. The van der Waals surface area contributed by atoms with E-state index in [1.165, 1.54) is 38.6 Å². The Morgan fingerprint density at radius 2 is 1.93 bits per heavy atom. The Morgan fingerprint density at radius 3 is 2.55 bits per heavy atom. The normalized spacial score (nSPS) is 12.7. The van der Waals surface area contributed by atoms with E-state index in [0.717, 1.165) is 9.87 Å². The summed E-state index contributed by atoms with van der Waals surface area (Å²) in [6.45, 7) is 0.367. The third kappa shape index (κ3) is 4.81. The van der Waals surface area contributed by atoms with Gasteiger partial charge < -0.3 is 5.32 Å². The van der Waals surface area contributed by atoms with Gasteiger partial charge in [0.05, 0.1) is 17.6 Å². The van der Waals surface area contributed by atoms with Crippen molar-refractivity contribution >= 4 is 27.5 Å². The van der Waals surface area contributed by atoms with Crippen LogP contribution in [0.3, 0.4) is 0 Å². The van der Waals surface area contributed by atoms with Crippen LogP contribution in [0.5, 0.6) is 0 Å². The van der Waals surface area contributed by atoms with Gasteiger partial charge in [-0.2, -0.15) is 5.10 Å². The number of nitrogens with zero attached hydrogens (tertiary/aromatic N) is 4. The minimum Gasteiger partial charge on any atom is -0.343 e. The van der Waals surface area contributed by atoms with Gasteiger partial charge in [-0.25, -0.2) is 17.7 Å². The van der Waals surface area contributed by atoms with Gasteiger partial charge in [-0.1, -0.05) is 41.9 Å². The van der Waals surface area contributed by atoms with E-state index in [1.807, 2.05) is 30.3 Å². The molecule has 2 aromatic carbocycles. The van der Waals surface area contributed by atoms with E-state index in [0.29, 0.717) is 6.54 Å². The second-order valence-electron chi connectivity index (χ2n) is 6.49. The first kappa shape index (κ1) is 21.0. The van der Waals surface area contributed by atoms with Gasteiger partial charge in [0, 0.05) is 19.7 Å². The van der Waals surface area contributed by atoms with Crippen molar-refractivity contribution in [1.82, 2.24) is 24.4 Å². The summed E-state index contributed by atoms with van der Waals surface area (Å²) in [6, 6.07) is 13.2. The fourth-order valence-corrected chi connectivity index (χ4v) is 4.11. The van der Waals surface area contributed by atoms with Crippen molar-refractivity contribution in [2.45, 2.75) is 17.5 Å². The maximum atomic E-state index is 12.9. The van der Waals surface area contributed by atoms with E-state index >= 15 is 0 Å². The topological polar surface area (TPSA) is 97.2 Å². The molecule has 0 radical (unpaired) electrons. The molecule has 1 amide bonds. The van der Waals surface area contributed by atoms with Gasteiger partial charge in [-0.3, -0.25) is 9.48 Å². The molecule has 0 aliphatic rings. The van der Waals surface area contributed by atoms with Crippen LogP contribution < -0.4 is 5.32 Å². The Kier molecular flexibility index (Phi) is 6.31. The number of benzene rings is 2. The number of rotatable bonds is 7. The van der Waals surface area contributed by atoms with E-state index < -0.39 is 22.0 Å². The van der Waals surface area contributed by atoms with Crippen LogP contribution in [-0.2, 0) is 16.6 Å². The molecular weight excluding hydrogens is 414 g/mol. The quantitative estimate of drug-likeness (QED) is 0.616. The number of carbonyl (C=O) groups is 1. The minimum atomic E-state index is -3.79. The van der Waals surface area contributed by atoms with E-state index in [9.17, 15) is 13.2 Å². The summed E-state index contributed by atoms with van der Waals surface area (Å²) in [5, 5.41) is 7.08. The van der Waals surface area contributed by atoms with Gasteiger partial charge in [0.25, 0.3) is 5.91 Å². The first-order valence-electron chi connectivity index (χ1n) is 8.69. The van der Waals surface area contributed by atoms with Crippen LogP contribution in [-0.4, -0.2) is 47.5 Å². The molecule has 10 heteroatoms. The first-order chi connectivity index (χ1) is 13.8. The van der Waals surface area contributed by atoms with Crippen molar-refractivity contribution in [2.75, 3.05) is 14.1 Å². The zero-order chi connectivity index (χ0) is 21.0. The average Bonchev–Trinajstić information content (AvgIpc) is 3.21. The third-order valence-electron chi connectivity index (χ3n) is 4.30. The lowest BCUT2D eigenvalue weighted by molar-refractivity contribution is 0.0931. The van der Waals surface area contributed by atoms with Crippen LogP contribution in [0.2, 0.25) is 5.02 Å². The third-order valence-corrected chi connectivity index (χ3v) is 6.59. The zero-order valence-electron chi connectivity index (χ0n) is 15.9. The van der Waals surface area contributed by atoms with E-state index in [-0.39, 0.29) is 15.5 Å². The van der Waals surface area contributed by atoms with Crippen molar-refractivity contribution in [3.8, 4) is 0 Å². The lowest BCUT2D eigenvalue weighted by Crippen LogP contribution is -2.32. The van der Waals surface area contributed by atoms with Gasteiger partial charge in [0.2, 0.25) is 10.0 Å². The van der Waals surface area contributed by atoms with Gasteiger partial charge in [-0.15, -0.1) is 0 Å². The molecule has 8 nitrogen and oxygen atoms in total. The second kappa shape index (κ2) is 8.73. The Balaban J connectivity index is 1.90. The van der Waals surface area contributed by atoms with Crippen LogP contribution in [0.25, 0.3) is 0 Å². The first-order valence-corrected chi connectivity index (χ1v) is 10.5. The van der Waals surface area contributed by atoms with Gasteiger partial charge in [0.15, 0.2) is 0 Å². The SMILES string of the molecule is CN(C)S(=O)(=O)c1cc(C(=O)NC(Cn2cncn2)c2ccccc2)ccc1Cl. The molecule has 0 fully saturated rings. The maximum Gasteiger partial charge on any atom is 0.251 e. The summed E-state index contributed by atoms with van der Waals surface area (Å²) in [5.74, 6) is -0.425. The number of halogens is 1. The Bertz CT molecular complexity index is 1090. The van der Waals surface area contributed by atoms with Crippen molar-refractivity contribution in [3.63, 3.8) is 0 Å². The van der Waals surface area contributed by atoms with Crippen molar-refractivity contribution in [2.24, 2.45) is 0 Å². The van der Waals surface area contributed by atoms with Crippen LogP contribution >= 0.6 is 11.6 Å². The van der Waals surface area contributed by atoms with E-state index in [4.69, 9.17) is 11.6 Å². The lowest BCUT2D eigenvalue weighted by Gasteiger charge is -2.20. The fraction of sp³-hybridized carbons (Fsp3) is 0.211. The molecule has 152 valence electrons. The molecule has 0 saturated carbocycles. The molecule has 1 unspecified atom stereocenters. The number of nitrogens with one attached hydrogen (secondary N) is 1. The lowest BCUT2D eigenvalue weighted by atomic mass is 10.1. The van der Waals surface area contributed by atoms with Gasteiger partial charge >= 0.3 is 0 Å². The molecule has 1 aromatic heterocycles. The smallest absolute Gasteiger partial charge is 0.251 e. The highest BCUT2D eigenvalue weighted by Crippen LogP contribution is 2.25. The molecule has 3 aromatic rings. The Labute approximate surface area is 174 Å². The Hall–Kier alpha value is -2.75. The van der Waals surface area contributed by atoms with Gasteiger partial charge in [-0.05, 0) is 23.8 Å². The fourth-order valence-electron chi connectivity index (χ4n) is 2.71. The second-order valence-corrected chi connectivity index (χ2v) is 9.01. The largest absolute Gasteiger partial charge is 0.343 e. The summed E-state index contributed by atoms with van der Waals surface area (Å²) in [5.41, 5.74) is 1.07. The van der Waals surface area contributed by atoms with Crippen molar-refractivity contribution in [3.05, 3.63) is 77.3 Å². The summed E-state index contributed by atoms with van der Waals surface area (Å²) < 4.78 is 27.6. The molecule has 3 rings (SSSR count). The number of hydrogen-bond acceptors (Lipinski definition) is 5. The molecule has 0 saturated heterocycles. The highest BCUT2D eigenvalue weighted by molar-refractivity contribution is 7.89. The monoisotopic (exact) mass is 433 g/mol. The van der Waals surface area contributed by atoms with Crippen LogP contribution in [0.4, 0.5) is 0 Å². The van der Waals surface area contributed by atoms with Crippen molar-refractivity contribution < 1.29 is 13.2 Å². The van der Waals surface area contributed by atoms with Crippen molar-refractivity contribution in [1.29, 1.82) is 0 Å². The molecule has 0 bridgehead atoms. The summed E-state index contributed by atoms with van der Waals surface area (Å²) in [4.78, 5) is 16.7. The Morgan fingerprint density at radius 1 is 1.21 bits per heavy atom. The number of amides is 1.